The zero-order valence-electron chi connectivity index (χ0n) is 8.45. The fourth-order valence-electron chi connectivity index (χ4n) is 1.01. The van der Waals surface area contributed by atoms with E-state index in [-0.39, 0.29) is 0 Å². The third-order valence-corrected chi connectivity index (χ3v) is 2.87. The molecule has 0 heterocycles. The largest absolute Gasteiger partial charge is 0.516 e. The van der Waals surface area contributed by atoms with Crippen molar-refractivity contribution in [2.75, 3.05) is 5.73 Å². The van der Waals surface area contributed by atoms with Crippen LogP contribution in [-0.4, -0.2) is 19.8 Å². The van der Waals surface area contributed by atoms with E-state index < -0.39 is 38.5 Å². The van der Waals surface area contributed by atoms with Crippen molar-refractivity contribution in [2.24, 2.45) is 0 Å². The molecule has 5 nitrogen and oxygen atoms in total. The fourth-order valence-corrected chi connectivity index (χ4v) is 1.47. The van der Waals surface area contributed by atoms with Gasteiger partial charge in [0.1, 0.15) is 5.82 Å². The van der Waals surface area contributed by atoms with E-state index in [2.05, 4.69) is 0 Å². The summed E-state index contributed by atoms with van der Waals surface area (Å²) in [7, 11) is -5.90. The maximum absolute atomic E-state index is 13.2. The number of nitrogen functional groups attached to an aromatic ring is 1. The average molecular weight is 286 g/mol. The maximum Gasteiger partial charge on any atom is 0.516 e. The molecule has 0 radical (unpaired) electrons. The Morgan fingerprint density at radius 1 is 1.28 bits per heavy atom. The van der Waals surface area contributed by atoms with Crippen molar-refractivity contribution < 1.29 is 30.8 Å². The average Bonchev–Trinajstić information content (AvgIpc) is 2.14. The van der Waals surface area contributed by atoms with Gasteiger partial charge in [0.25, 0.3) is 5.91 Å². The van der Waals surface area contributed by atoms with Gasteiger partial charge in [0, 0.05) is 5.69 Å². The number of carbonyl (C=O) groups excluding carboxylic acids is 1. The van der Waals surface area contributed by atoms with Crippen LogP contribution < -0.4 is 10.5 Å². The van der Waals surface area contributed by atoms with Crippen LogP contribution in [0.2, 0.25) is 0 Å². The molecular formula is C8H6F4N2O3S. The lowest BCUT2D eigenvalue weighted by atomic mass is 10.1. The van der Waals surface area contributed by atoms with Gasteiger partial charge in [-0.2, -0.15) is 21.6 Å². The highest BCUT2D eigenvalue weighted by molar-refractivity contribution is 7.90. The number of anilines is 1. The van der Waals surface area contributed by atoms with Crippen molar-refractivity contribution in [3.63, 3.8) is 0 Å². The van der Waals surface area contributed by atoms with Crippen molar-refractivity contribution >= 4 is 21.6 Å². The van der Waals surface area contributed by atoms with E-state index in [0.717, 1.165) is 18.2 Å². The summed E-state index contributed by atoms with van der Waals surface area (Å²) >= 11 is 0. The van der Waals surface area contributed by atoms with Gasteiger partial charge in [0.15, 0.2) is 0 Å². The number of hydrogen-bond donors (Lipinski definition) is 2. The van der Waals surface area contributed by atoms with Gasteiger partial charge in [-0.05, 0) is 12.1 Å². The summed E-state index contributed by atoms with van der Waals surface area (Å²) in [6.07, 6.45) is 0. The molecule has 0 fully saturated rings. The molecule has 0 atom stereocenters. The molecular weight excluding hydrogens is 280 g/mol. The quantitative estimate of drug-likeness (QED) is 0.626. The number of carbonyl (C=O) groups is 1. The van der Waals surface area contributed by atoms with Crippen LogP contribution in [0.1, 0.15) is 10.4 Å². The zero-order chi connectivity index (χ0) is 14.1. The van der Waals surface area contributed by atoms with E-state index in [9.17, 15) is 30.8 Å². The van der Waals surface area contributed by atoms with Crippen LogP contribution in [-0.2, 0) is 10.0 Å². The standard InChI is InChI=1S/C8H6F4N2O3S/c9-4-2-1-3-5(13)6(4)7(15)14-18(16,17)8(10,11)12/h1-3H,13H2,(H,14,15). The molecule has 100 valence electrons. The Bertz CT molecular complexity index is 562. The summed E-state index contributed by atoms with van der Waals surface area (Å²) in [6.45, 7) is 0. The number of halogens is 4. The van der Waals surface area contributed by atoms with E-state index in [1.807, 2.05) is 0 Å². The Hall–Kier alpha value is -1.84. The molecule has 1 amide bonds. The number of hydrogen-bond acceptors (Lipinski definition) is 4. The molecule has 0 aliphatic heterocycles. The summed E-state index contributed by atoms with van der Waals surface area (Å²) in [5.74, 6) is -3.02. The number of alkyl halides is 3. The van der Waals surface area contributed by atoms with Crippen molar-refractivity contribution in [3.05, 3.63) is 29.6 Å². The van der Waals surface area contributed by atoms with Crippen molar-refractivity contribution in [1.82, 2.24) is 4.72 Å². The van der Waals surface area contributed by atoms with Crippen LogP contribution in [0.25, 0.3) is 0 Å². The Kier molecular flexibility index (Phi) is 3.51. The molecule has 0 aliphatic rings. The van der Waals surface area contributed by atoms with Gasteiger partial charge in [-0.25, -0.2) is 9.11 Å². The summed E-state index contributed by atoms with van der Waals surface area (Å²) in [5, 5.41) is 0. The predicted molar refractivity (Wildman–Crippen MR) is 53.3 cm³/mol. The first-order valence-electron chi connectivity index (χ1n) is 4.23. The van der Waals surface area contributed by atoms with Gasteiger partial charge < -0.3 is 5.73 Å². The monoisotopic (exact) mass is 286 g/mol. The molecule has 0 saturated heterocycles. The number of nitrogens with one attached hydrogen (secondary N) is 1. The first-order chi connectivity index (χ1) is 8.06. The number of nitrogens with two attached hydrogens (primary N) is 1. The van der Waals surface area contributed by atoms with E-state index >= 15 is 0 Å². The van der Waals surface area contributed by atoms with Crippen molar-refractivity contribution in [1.29, 1.82) is 0 Å². The van der Waals surface area contributed by atoms with Crippen LogP contribution in [0.15, 0.2) is 18.2 Å². The van der Waals surface area contributed by atoms with Crippen LogP contribution in [0, 0.1) is 5.82 Å². The molecule has 18 heavy (non-hydrogen) atoms. The third kappa shape index (κ3) is 2.70. The van der Waals surface area contributed by atoms with Gasteiger partial charge in [-0.1, -0.05) is 6.07 Å². The highest BCUT2D eigenvalue weighted by atomic mass is 32.2. The van der Waals surface area contributed by atoms with E-state index in [0.29, 0.717) is 4.72 Å². The Labute approximate surface area is 98.6 Å². The van der Waals surface area contributed by atoms with E-state index in [4.69, 9.17) is 5.73 Å². The second-order valence-corrected chi connectivity index (χ2v) is 4.76. The Morgan fingerprint density at radius 3 is 2.28 bits per heavy atom. The molecule has 0 aromatic heterocycles. The summed E-state index contributed by atoms with van der Waals surface area (Å²) in [5.41, 5.74) is -1.95. The Morgan fingerprint density at radius 2 is 1.83 bits per heavy atom. The minimum atomic E-state index is -5.90. The van der Waals surface area contributed by atoms with Crippen LogP contribution in [0.5, 0.6) is 0 Å². The molecule has 0 bridgehead atoms. The summed E-state index contributed by atoms with van der Waals surface area (Å²) in [6, 6.07) is 2.91. The fraction of sp³-hybridized carbons (Fsp3) is 0.125. The normalized spacial score (nSPS) is 12.2. The lowest BCUT2D eigenvalue weighted by Gasteiger charge is -2.10. The molecule has 3 N–H and O–H groups in total. The van der Waals surface area contributed by atoms with Gasteiger partial charge in [0.05, 0.1) is 5.56 Å². The third-order valence-electron chi connectivity index (χ3n) is 1.80. The van der Waals surface area contributed by atoms with Crippen LogP contribution in [0.3, 0.4) is 0 Å². The first kappa shape index (κ1) is 14.2. The molecule has 10 heteroatoms. The summed E-state index contributed by atoms with van der Waals surface area (Å²) < 4.78 is 71.1. The lowest BCUT2D eigenvalue weighted by molar-refractivity contribution is -0.0446. The van der Waals surface area contributed by atoms with Gasteiger partial charge in [-0.15, -0.1) is 0 Å². The Balaban J connectivity index is 3.12. The lowest BCUT2D eigenvalue weighted by Crippen LogP contribution is -2.40. The molecule has 0 saturated carbocycles. The number of benzene rings is 1. The van der Waals surface area contributed by atoms with Crippen molar-refractivity contribution in [3.8, 4) is 0 Å². The minimum absolute atomic E-state index is 0.482. The highest BCUT2D eigenvalue weighted by Gasteiger charge is 2.47. The van der Waals surface area contributed by atoms with E-state index in [1.54, 1.807) is 0 Å². The van der Waals surface area contributed by atoms with E-state index in [1.165, 1.54) is 0 Å². The van der Waals surface area contributed by atoms with Crippen LogP contribution in [0.4, 0.5) is 23.2 Å². The number of sulfonamides is 1. The van der Waals surface area contributed by atoms with Gasteiger partial charge in [-0.3, -0.25) is 4.79 Å². The zero-order valence-corrected chi connectivity index (χ0v) is 9.27. The number of amides is 1. The molecule has 1 rings (SSSR count). The van der Waals surface area contributed by atoms with Gasteiger partial charge in [0.2, 0.25) is 0 Å². The minimum Gasteiger partial charge on any atom is -0.398 e. The molecule has 0 spiro atoms. The van der Waals surface area contributed by atoms with Gasteiger partial charge >= 0.3 is 15.5 Å². The second kappa shape index (κ2) is 4.44. The molecule has 1 aromatic rings. The molecule has 1 aromatic carbocycles. The SMILES string of the molecule is Nc1cccc(F)c1C(=O)NS(=O)(=O)C(F)(F)F. The molecule has 0 aliphatic carbocycles. The smallest absolute Gasteiger partial charge is 0.398 e. The first-order valence-corrected chi connectivity index (χ1v) is 5.72. The predicted octanol–water partition coefficient (Wildman–Crippen LogP) is 0.987. The maximum atomic E-state index is 13.2. The summed E-state index contributed by atoms with van der Waals surface area (Å²) in [4.78, 5) is 11.2. The highest BCUT2D eigenvalue weighted by Crippen LogP contribution is 2.23. The van der Waals surface area contributed by atoms with Crippen molar-refractivity contribution in [2.45, 2.75) is 5.51 Å². The molecule has 0 unspecified atom stereocenters. The second-order valence-electron chi connectivity index (χ2n) is 3.08. The topological polar surface area (TPSA) is 89.3 Å². The van der Waals surface area contributed by atoms with Crippen LogP contribution >= 0.6 is 0 Å². The number of rotatable bonds is 2.